The van der Waals surface area contributed by atoms with E-state index >= 15 is 0 Å². The molecule has 0 spiro atoms. The fraction of sp³-hybridized carbons (Fsp3) is 0.0455. The molecule has 2 amide bonds. The molecule has 3 rings (SSSR count). The summed E-state index contributed by atoms with van der Waals surface area (Å²) in [6.45, 7) is 1.93. The summed E-state index contributed by atoms with van der Waals surface area (Å²) in [5.74, 6) is -0.523. The number of halogens is 1. The van der Waals surface area contributed by atoms with Crippen LogP contribution in [-0.2, 0) is 0 Å². The molecule has 0 radical (unpaired) electrons. The van der Waals surface area contributed by atoms with Crippen molar-refractivity contribution in [3.63, 3.8) is 0 Å². The first-order valence-electron chi connectivity index (χ1n) is 8.58. The number of benzene rings is 3. The number of carbonyl (C=O) groups excluding carboxylic acids is 2. The van der Waals surface area contributed by atoms with E-state index in [0.717, 1.165) is 15.6 Å². The zero-order valence-corrected chi connectivity index (χ0v) is 16.7. The molecule has 0 bridgehead atoms. The lowest BCUT2D eigenvalue weighted by Crippen LogP contribution is -2.17. The lowest BCUT2D eigenvalue weighted by Gasteiger charge is -2.07. The maximum absolute atomic E-state index is 12.3. The van der Waals surface area contributed by atoms with Crippen molar-refractivity contribution in [2.75, 3.05) is 5.32 Å². The highest BCUT2D eigenvalue weighted by molar-refractivity contribution is 9.10. The van der Waals surface area contributed by atoms with Crippen LogP contribution in [-0.4, -0.2) is 18.0 Å². The Labute approximate surface area is 171 Å². The van der Waals surface area contributed by atoms with Crippen LogP contribution in [0.15, 0.2) is 82.4 Å². The maximum Gasteiger partial charge on any atom is 0.271 e. The standard InChI is InChI=1S/C22H18BrN3O2/c1-15-3-2-4-18(13-15)21(27)25-20-11-7-17(8-12-20)22(28)26-24-14-16-5-9-19(23)10-6-16/h2-14H,1H3,(H,25,27)(H,26,28)/b24-14+. The Balaban J connectivity index is 1.58. The summed E-state index contributed by atoms with van der Waals surface area (Å²) in [5.41, 5.74) is 6.02. The fourth-order valence-corrected chi connectivity index (χ4v) is 2.74. The van der Waals surface area contributed by atoms with Crippen LogP contribution in [0.2, 0.25) is 0 Å². The van der Waals surface area contributed by atoms with Crippen molar-refractivity contribution in [2.45, 2.75) is 6.92 Å². The normalized spacial score (nSPS) is 10.6. The van der Waals surface area contributed by atoms with Gasteiger partial charge in [-0.3, -0.25) is 9.59 Å². The predicted octanol–water partition coefficient (Wildman–Crippen LogP) is 4.77. The highest BCUT2D eigenvalue weighted by Crippen LogP contribution is 2.13. The van der Waals surface area contributed by atoms with Gasteiger partial charge in [-0.25, -0.2) is 5.43 Å². The molecular formula is C22H18BrN3O2. The first-order valence-corrected chi connectivity index (χ1v) is 9.37. The molecule has 0 heterocycles. The SMILES string of the molecule is Cc1cccc(C(=O)Nc2ccc(C(=O)N/N=C/c3ccc(Br)cc3)cc2)c1. The Morgan fingerprint density at radius 3 is 2.29 bits per heavy atom. The summed E-state index contributed by atoms with van der Waals surface area (Å²) in [5, 5.41) is 6.77. The third kappa shape index (κ3) is 5.37. The molecule has 0 fully saturated rings. The zero-order chi connectivity index (χ0) is 19.9. The largest absolute Gasteiger partial charge is 0.322 e. The quantitative estimate of drug-likeness (QED) is 0.447. The molecule has 0 atom stereocenters. The van der Waals surface area contributed by atoms with Crippen LogP contribution in [0.3, 0.4) is 0 Å². The Kier molecular flexibility index (Phi) is 6.34. The number of aryl methyl sites for hydroxylation is 1. The minimum Gasteiger partial charge on any atom is -0.322 e. The van der Waals surface area contributed by atoms with Crippen molar-refractivity contribution in [3.05, 3.63) is 99.5 Å². The van der Waals surface area contributed by atoms with E-state index in [4.69, 9.17) is 0 Å². The number of hydrogen-bond donors (Lipinski definition) is 2. The summed E-state index contributed by atoms with van der Waals surface area (Å²) in [4.78, 5) is 24.4. The molecule has 5 nitrogen and oxygen atoms in total. The van der Waals surface area contributed by atoms with Crippen LogP contribution in [0.25, 0.3) is 0 Å². The third-order valence-corrected chi connectivity index (χ3v) is 4.46. The Morgan fingerprint density at radius 2 is 1.61 bits per heavy atom. The number of nitrogens with one attached hydrogen (secondary N) is 2. The van der Waals surface area contributed by atoms with Crippen LogP contribution in [0.4, 0.5) is 5.69 Å². The van der Waals surface area contributed by atoms with Crippen molar-refractivity contribution < 1.29 is 9.59 Å². The van der Waals surface area contributed by atoms with Crippen molar-refractivity contribution >= 4 is 39.6 Å². The van der Waals surface area contributed by atoms with E-state index in [1.807, 2.05) is 49.4 Å². The van der Waals surface area contributed by atoms with Gasteiger partial charge in [0, 0.05) is 21.3 Å². The number of anilines is 1. The number of nitrogens with zero attached hydrogens (tertiary/aromatic N) is 1. The van der Waals surface area contributed by atoms with Crippen LogP contribution in [0.5, 0.6) is 0 Å². The van der Waals surface area contributed by atoms with Gasteiger partial charge < -0.3 is 5.32 Å². The molecule has 0 aliphatic carbocycles. The van der Waals surface area contributed by atoms with Crippen LogP contribution >= 0.6 is 15.9 Å². The van der Waals surface area contributed by atoms with E-state index in [9.17, 15) is 9.59 Å². The molecule has 0 saturated heterocycles. The first kappa shape index (κ1) is 19.5. The molecule has 0 aromatic heterocycles. The van der Waals surface area contributed by atoms with Crippen molar-refractivity contribution in [2.24, 2.45) is 5.10 Å². The molecule has 140 valence electrons. The van der Waals surface area contributed by atoms with Gasteiger partial charge in [-0.2, -0.15) is 5.10 Å². The topological polar surface area (TPSA) is 70.6 Å². The molecule has 3 aromatic rings. The van der Waals surface area contributed by atoms with E-state index in [1.165, 1.54) is 0 Å². The number of amides is 2. The van der Waals surface area contributed by atoms with E-state index in [-0.39, 0.29) is 11.8 Å². The highest BCUT2D eigenvalue weighted by atomic mass is 79.9. The van der Waals surface area contributed by atoms with Crippen molar-refractivity contribution in [1.82, 2.24) is 5.43 Å². The van der Waals surface area contributed by atoms with Crippen molar-refractivity contribution in [3.8, 4) is 0 Å². The van der Waals surface area contributed by atoms with Gasteiger partial charge in [-0.1, -0.05) is 45.8 Å². The smallest absolute Gasteiger partial charge is 0.271 e. The summed E-state index contributed by atoms with van der Waals surface area (Å²) in [6, 6.07) is 21.5. The number of hydrogen-bond acceptors (Lipinski definition) is 3. The molecule has 3 aromatic carbocycles. The Bertz CT molecular complexity index is 1010. The molecule has 0 aliphatic heterocycles. The van der Waals surface area contributed by atoms with Gasteiger partial charge in [0.25, 0.3) is 11.8 Å². The molecular weight excluding hydrogens is 418 g/mol. The number of carbonyl (C=O) groups is 2. The second-order valence-corrected chi connectivity index (χ2v) is 7.07. The molecule has 6 heteroatoms. The Hall–Kier alpha value is -3.25. The van der Waals surface area contributed by atoms with Crippen LogP contribution in [0, 0.1) is 6.92 Å². The third-order valence-electron chi connectivity index (χ3n) is 3.93. The highest BCUT2D eigenvalue weighted by Gasteiger charge is 2.08. The zero-order valence-electron chi connectivity index (χ0n) is 15.1. The lowest BCUT2D eigenvalue weighted by molar-refractivity contribution is 0.0954. The summed E-state index contributed by atoms with van der Waals surface area (Å²) >= 11 is 3.36. The fourth-order valence-electron chi connectivity index (χ4n) is 2.47. The minimum absolute atomic E-state index is 0.194. The summed E-state index contributed by atoms with van der Waals surface area (Å²) < 4.78 is 0.975. The lowest BCUT2D eigenvalue weighted by atomic mass is 10.1. The summed E-state index contributed by atoms with van der Waals surface area (Å²) in [7, 11) is 0. The second kappa shape index (κ2) is 9.10. The molecule has 0 saturated carbocycles. The van der Waals surface area contributed by atoms with E-state index in [0.29, 0.717) is 16.8 Å². The maximum atomic E-state index is 12.3. The molecule has 28 heavy (non-hydrogen) atoms. The predicted molar refractivity (Wildman–Crippen MR) is 115 cm³/mol. The molecule has 0 aliphatic rings. The minimum atomic E-state index is -0.329. The Morgan fingerprint density at radius 1 is 0.893 bits per heavy atom. The van der Waals surface area contributed by atoms with Gasteiger partial charge >= 0.3 is 0 Å². The number of rotatable bonds is 5. The van der Waals surface area contributed by atoms with Gasteiger partial charge in [0.05, 0.1) is 6.21 Å². The number of hydrazone groups is 1. The second-order valence-electron chi connectivity index (χ2n) is 6.15. The van der Waals surface area contributed by atoms with E-state index < -0.39 is 0 Å². The average molecular weight is 436 g/mol. The van der Waals surface area contributed by atoms with Gasteiger partial charge in [0.1, 0.15) is 0 Å². The van der Waals surface area contributed by atoms with Gasteiger partial charge in [-0.15, -0.1) is 0 Å². The summed E-state index contributed by atoms with van der Waals surface area (Å²) in [6.07, 6.45) is 1.57. The van der Waals surface area contributed by atoms with Crippen LogP contribution in [0.1, 0.15) is 31.8 Å². The monoisotopic (exact) mass is 435 g/mol. The van der Waals surface area contributed by atoms with E-state index in [1.54, 1.807) is 36.5 Å². The van der Waals surface area contributed by atoms with Gasteiger partial charge in [0.2, 0.25) is 0 Å². The van der Waals surface area contributed by atoms with E-state index in [2.05, 4.69) is 31.8 Å². The average Bonchev–Trinajstić information content (AvgIpc) is 2.70. The van der Waals surface area contributed by atoms with Gasteiger partial charge in [-0.05, 0) is 61.0 Å². The molecule has 0 unspecified atom stereocenters. The van der Waals surface area contributed by atoms with Crippen LogP contribution < -0.4 is 10.7 Å². The van der Waals surface area contributed by atoms with Crippen molar-refractivity contribution in [1.29, 1.82) is 0 Å². The van der Waals surface area contributed by atoms with Gasteiger partial charge in [0.15, 0.2) is 0 Å². The first-order chi connectivity index (χ1) is 13.5. The molecule has 2 N–H and O–H groups in total.